The second-order valence-electron chi connectivity index (χ2n) is 5.88. The number of aryl methyl sites for hydroxylation is 1. The third-order valence-corrected chi connectivity index (χ3v) is 3.62. The van der Waals surface area contributed by atoms with E-state index in [0.29, 0.717) is 30.1 Å². The van der Waals surface area contributed by atoms with E-state index in [1.807, 2.05) is 20.8 Å². The van der Waals surface area contributed by atoms with Gasteiger partial charge in [0.2, 0.25) is 5.91 Å². The lowest BCUT2D eigenvalue weighted by atomic mass is 10.0. The van der Waals surface area contributed by atoms with Gasteiger partial charge in [-0.25, -0.2) is 9.37 Å². The lowest BCUT2D eigenvalue weighted by Crippen LogP contribution is -2.42. The number of aromatic nitrogens is 1. The number of nitrogens with one attached hydrogen (secondary N) is 1. The topological polar surface area (TPSA) is 55.1 Å². The Morgan fingerprint density at radius 1 is 1.36 bits per heavy atom. The SMILES string of the molecule is CCC(C)(C)NC(=O)CCc1ncc(-c2ccccc2F)o1. The van der Waals surface area contributed by atoms with Crippen LogP contribution in [0.1, 0.15) is 39.5 Å². The van der Waals surface area contributed by atoms with Gasteiger partial charge in [0.25, 0.3) is 0 Å². The lowest BCUT2D eigenvalue weighted by Gasteiger charge is -2.24. The number of carbonyl (C=O) groups excluding carboxylic acids is 1. The van der Waals surface area contributed by atoms with Crippen molar-refractivity contribution >= 4 is 5.91 Å². The van der Waals surface area contributed by atoms with Crippen LogP contribution in [0.15, 0.2) is 34.9 Å². The van der Waals surface area contributed by atoms with Crippen LogP contribution in [0.4, 0.5) is 4.39 Å². The monoisotopic (exact) mass is 304 g/mol. The summed E-state index contributed by atoms with van der Waals surface area (Å²) in [6, 6.07) is 6.37. The van der Waals surface area contributed by atoms with Crippen molar-refractivity contribution in [1.82, 2.24) is 10.3 Å². The van der Waals surface area contributed by atoms with Crippen LogP contribution in [0.2, 0.25) is 0 Å². The molecule has 0 aliphatic carbocycles. The zero-order valence-electron chi connectivity index (χ0n) is 13.1. The van der Waals surface area contributed by atoms with Crippen molar-refractivity contribution in [2.75, 3.05) is 0 Å². The maximum atomic E-state index is 13.7. The number of amides is 1. The van der Waals surface area contributed by atoms with Crippen molar-refractivity contribution in [3.8, 4) is 11.3 Å². The molecule has 1 aromatic heterocycles. The van der Waals surface area contributed by atoms with Crippen molar-refractivity contribution < 1.29 is 13.6 Å². The van der Waals surface area contributed by atoms with E-state index < -0.39 is 0 Å². The molecule has 0 unspecified atom stereocenters. The first-order chi connectivity index (χ1) is 10.4. The molecule has 22 heavy (non-hydrogen) atoms. The molecule has 4 nitrogen and oxygen atoms in total. The van der Waals surface area contributed by atoms with Gasteiger partial charge < -0.3 is 9.73 Å². The second kappa shape index (κ2) is 6.73. The highest BCUT2D eigenvalue weighted by Gasteiger charge is 2.18. The molecule has 0 radical (unpaired) electrons. The van der Waals surface area contributed by atoms with E-state index in [4.69, 9.17) is 4.42 Å². The molecule has 0 aliphatic rings. The molecule has 2 aromatic rings. The summed E-state index contributed by atoms with van der Waals surface area (Å²) in [7, 11) is 0. The molecule has 0 spiro atoms. The molecule has 0 aliphatic heterocycles. The molecule has 118 valence electrons. The maximum absolute atomic E-state index is 13.7. The molecule has 1 aromatic carbocycles. The predicted molar refractivity (Wildman–Crippen MR) is 82.7 cm³/mol. The van der Waals surface area contributed by atoms with E-state index in [9.17, 15) is 9.18 Å². The number of halogens is 1. The third-order valence-electron chi connectivity index (χ3n) is 3.62. The Morgan fingerprint density at radius 3 is 2.77 bits per heavy atom. The van der Waals surface area contributed by atoms with Crippen LogP contribution in [0.3, 0.4) is 0 Å². The van der Waals surface area contributed by atoms with Crippen molar-refractivity contribution in [2.45, 2.75) is 45.6 Å². The fourth-order valence-electron chi connectivity index (χ4n) is 1.96. The summed E-state index contributed by atoms with van der Waals surface area (Å²) in [5.41, 5.74) is 0.157. The molecule has 2 rings (SSSR count). The van der Waals surface area contributed by atoms with E-state index in [2.05, 4.69) is 10.3 Å². The van der Waals surface area contributed by atoms with Gasteiger partial charge in [-0.1, -0.05) is 19.1 Å². The van der Waals surface area contributed by atoms with Crippen LogP contribution in [0, 0.1) is 5.82 Å². The first-order valence-corrected chi connectivity index (χ1v) is 7.42. The van der Waals surface area contributed by atoms with Crippen molar-refractivity contribution in [3.63, 3.8) is 0 Å². The maximum Gasteiger partial charge on any atom is 0.220 e. The highest BCUT2D eigenvalue weighted by atomic mass is 19.1. The summed E-state index contributed by atoms with van der Waals surface area (Å²) in [6.45, 7) is 5.98. The number of carbonyl (C=O) groups is 1. The number of hydrogen-bond acceptors (Lipinski definition) is 3. The van der Waals surface area contributed by atoms with Gasteiger partial charge in [0, 0.05) is 18.4 Å². The first-order valence-electron chi connectivity index (χ1n) is 7.42. The van der Waals surface area contributed by atoms with Crippen LogP contribution in [-0.4, -0.2) is 16.4 Å². The molecule has 5 heteroatoms. The summed E-state index contributed by atoms with van der Waals surface area (Å²) in [5.74, 6) is 0.412. The van der Waals surface area contributed by atoms with Crippen LogP contribution in [0.25, 0.3) is 11.3 Å². The van der Waals surface area contributed by atoms with Crippen molar-refractivity contribution in [1.29, 1.82) is 0 Å². The molecule has 0 bridgehead atoms. The first kappa shape index (κ1) is 16.2. The number of hydrogen-bond donors (Lipinski definition) is 1. The Balaban J connectivity index is 1.96. The van der Waals surface area contributed by atoms with E-state index in [1.165, 1.54) is 12.3 Å². The van der Waals surface area contributed by atoms with Gasteiger partial charge in [0.1, 0.15) is 5.82 Å². The van der Waals surface area contributed by atoms with Gasteiger partial charge in [0.15, 0.2) is 11.7 Å². The van der Waals surface area contributed by atoms with Crippen molar-refractivity contribution in [3.05, 3.63) is 42.2 Å². The standard InChI is InChI=1S/C17H21FN2O2/c1-4-17(2,3)20-15(21)9-10-16-19-11-14(22-16)12-7-5-6-8-13(12)18/h5-8,11H,4,9-10H2,1-3H3,(H,20,21). The molecule has 0 saturated heterocycles. The second-order valence-corrected chi connectivity index (χ2v) is 5.88. The average Bonchev–Trinajstić information content (AvgIpc) is 2.94. The quantitative estimate of drug-likeness (QED) is 0.885. The highest BCUT2D eigenvalue weighted by Crippen LogP contribution is 2.23. The van der Waals surface area contributed by atoms with Gasteiger partial charge in [-0.3, -0.25) is 4.79 Å². The summed E-state index contributed by atoms with van der Waals surface area (Å²) in [6.07, 6.45) is 3.03. The van der Waals surface area contributed by atoms with E-state index in [-0.39, 0.29) is 17.3 Å². The summed E-state index contributed by atoms with van der Waals surface area (Å²) < 4.78 is 19.2. The number of benzene rings is 1. The molecule has 1 amide bonds. The molecule has 1 N–H and O–H groups in total. The number of nitrogens with zero attached hydrogens (tertiary/aromatic N) is 1. The van der Waals surface area contributed by atoms with Crippen LogP contribution in [0.5, 0.6) is 0 Å². The Labute approximate surface area is 129 Å². The highest BCUT2D eigenvalue weighted by molar-refractivity contribution is 5.76. The van der Waals surface area contributed by atoms with E-state index in [1.54, 1.807) is 18.2 Å². The van der Waals surface area contributed by atoms with E-state index in [0.717, 1.165) is 6.42 Å². The number of rotatable bonds is 6. The Morgan fingerprint density at radius 2 is 2.09 bits per heavy atom. The van der Waals surface area contributed by atoms with Crippen LogP contribution < -0.4 is 5.32 Å². The van der Waals surface area contributed by atoms with Gasteiger partial charge in [-0.15, -0.1) is 0 Å². The van der Waals surface area contributed by atoms with E-state index >= 15 is 0 Å². The molecule has 0 atom stereocenters. The summed E-state index contributed by atoms with van der Waals surface area (Å²) in [5, 5.41) is 2.96. The minimum atomic E-state index is -0.354. The van der Waals surface area contributed by atoms with Gasteiger partial charge in [0.05, 0.1) is 11.8 Å². The number of oxazole rings is 1. The average molecular weight is 304 g/mol. The van der Waals surface area contributed by atoms with Crippen molar-refractivity contribution in [2.24, 2.45) is 0 Å². The normalized spacial score (nSPS) is 11.5. The third kappa shape index (κ3) is 4.16. The fourth-order valence-corrected chi connectivity index (χ4v) is 1.96. The van der Waals surface area contributed by atoms with Gasteiger partial charge in [-0.05, 0) is 32.4 Å². The van der Waals surface area contributed by atoms with Gasteiger partial charge in [-0.2, -0.15) is 0 Å². The molecule has 0 saturated carbocycles. The Bertz CT molecular complexity index is 650. The Hall–Kier alpha value is -2.17. The summed E-state index contributed by atoms with van der Waals surface area (Å²) in [4.78, 5) is 16.0. The zero-order chi connectivity index (χ0) is 16.2. The molecular weight excluding hydrogens is 283 g/mol. The van der Waals surface area contributed by atoms with Gasteiger partial charge >= 0.3 is 0 Å². The fraction of sp³-hybridized carbons (Fsp3) is 0.412. The summed E-state index contributed by atoms with van der Waals surface area (Å²) >= 11 is 0. The molecule has 1 heterocycles. The van der Waals surface area contributed by atoms with Crippen LogP contribution >= 0.6 is 0 Å². The smallest absolute Gasteiger partial charge is 0.220 e. The largest absolute Gasteiger partial charge is 0.441 e. The zero-order valence-corrected chi connectivity index (χ0v) is 13.1. The minimum Gasteiger partial charge on any atom is -0.441 e. The predicted octanol–water partition coefficient (Wildman–Crippen LogP) is 3.72. The minimum absolute atomic E-state index is 0.0440. The molecule has 0 fully saturated rings. The molecular formula is C17H21FN2O2. The lowest BCUT2D eigenvalue weighted by molar-refractivity contribution is -0.122. The van der Waals surface area contributed by atoms with Crippen LogP contribution in [-0.2, 0) is 11.2 Å². The Kier molecular flexibility index (Phi) is 4.96.